The van der Waals surface area contributed by atoms with Crippen LogP contribution in [0.15, 0.2) is 12.2 Å². The highest BCUT2D eigenvalue weighted by Crippen LogP contribution is 2.73. The minimum absolute atomic E-state index is 0.116. The fraction of sp³-hybridized carbons (Fsp3) is 0.909. The molecule has 4 fully saturated rings. The maximum absolute atomic E-state index is 10.2. The van der Waals surface area contributed by atoms with E-state index in [1.54, 1.807) is 7.11 Å². The third-order valence-electron chi connectivity index (χ3n) is 9.07. The van der Waals surface area contributed by atoms with Crippen molar-refractivity contribution in [1.82, 2.24) is 0 Å². The average molecular weight is 349 g/mol. The lowest BCUT2D eigenvalue weighted by atomic mass is 9.41. The molecule has 1 spiro atoms. The van der Waals surface area contributed by atoms with E-state index in [1.165, 1.54) is 44.1 Å². The van der Waals surface area contributed by atoms with Gasteiger partial charge in [-0.15, -0.1) is 0 Å². The summed E-state index contributed by atoms with van der Waals surface area (Å²) in [7, 11) is 1.71. The maximum Gasteiger partial charge on any atom is 0.147 e. The highest BCUT2D eigenvalue weighted by Gasteiger charge is 2.67. The van der Waals surface area contributed by atoms with Crippen molar-refractivity contribution >= 4 is 0 Å². The molecule has 2 bridgehead atoms. The molecular weight excluding hydrogens is 312 g/mol. The van der Waals surface area contributed by atoms with Gasteiger partial charge in [-0.3, -0.25) is 0 Å². The SMILES string of the molecule is C=C1C[C@@]23CC[C@@H]4[C@](C)(CO)CCC[C@@]4(C)[C@@H]2CC[C@]1(OCOC)C3. The van der Waals surface area contributed by atoms with Crippen LogP contribution in [0.3, 0.4) is 0 Å². The largest absolute Gasteiger partial charge is 0.396 e. The minimum Gasteiger partial charge on any atom is -0.396 e. The molecule has 6 atom stereocenters. The first-order valence-corrected chi connectivity index (χ1v) is 10.3. The standard InChI is InChI=1S/C22H36O3/c1-16-12-21-10-6-17-19(2,14-23)8-5-9-20(17,3)18(21)7-11-22(16,13-21)25-15-24-4/h17-18,23H,1,5-15H2,2-4H3/t17-,18+,19+,20-,21-,22+/m1/s1. The van der Waals surface area contributed by atoms with Crippen molar-refractivity contribution in [3.63, 3.8) is 0 Å². The Morgan fingerprint density at radius 1 is 1.12 bits per heavy atom. The molecule has 4 aliphatic carbocycles. The van der Waals surface area contributed by atoms with E-state index >= 15 is 0 Å². The predicted octanol–water partition coefficient (Wildman–Crippen LogP) is 4.69. The van der Waals surface area contributed by atoms with Gasteiger partial charge in [0.15, 0.2) is 0 Å². The fourth-order valence-electron chi connectivity index (χ4n) is 8.05. The molecule has 142 valence electrons. The number of aliphatic hydroxyl groups excluding tert-OH is 1. The van der Waals surface area contributed by atoms with E-state index in [-0.39, 0.29) is 11.0 Å². The average Bonchev–Trinajstić information content (AvgIpc) is 2.78. The van der Waals surface area contributed by atoms with Crippen LogP contribution < -0.4 is 0 Å². The lowest BCUT2D eigenvalue weighted by Gasteiger charge is -2.64. The number of hydrogen-bond donors (Lipinski definition) is 1. The van der Waals surface area contributed by atoms with Gasteiger partial charge in [-0.1, -0.05) is 26.8 Å². The number of aliphatic hydroxyl groups is 1. The smallest absolute Gasteiger partial charge is 0.147 e. The van der Waals surface area contributed by atoms with Crippen LogP contribution in [0.1, 0.15) is 71.6 Å². The first kappa shape index (κ1) is 18.0. The Morgan fingerprint density at radius 2 is 1.88 bits per heavy atom. The van der Waals surface area contributed by atoms with Crippen LogP contribution in [0.2, 0.25) is 0 Å². The molecule has 0 radical (unpaired) electrons. The van der Waals surface area contributed by atoms with Crippen LogP contribution in [0.4, 0.5) is 0 Å². The first-order chi connectivity index (χ1) is 11.8. The van der Waals surface area contributed by atoms with Crippen LogP contribution in [-0.4, -0.2) is 31.2 Å². The maximum atomic E-state index is 10.2. The zero-order valence-electron chi connectivity index (χ0n) is 16.4. The molecule has 0 amide bonds. The van der Waals surface area contributed by atoms with E-state index in [2.05, 4.69) is 20.4 Å². The third-order valence-corrected chi connectivity index (χ3v) is 9.07. The zero-order valence-corrected chi connectivity index (χ0v) is 16.4. The number of methoxy groups -OCH3 is 1. The van der Waals surface area contributed by atoms with Crippen LogP contribution in [0, 0.1) is 28.1 Å². The summed E-state index contributed by atoms with van der Waals surface area (Å²) in [6.07, 6.45) is 11.0. The zero-order chi connectivity index (χ0) is 17.9. The molecule has 25 heavy (non-hydrogen) atoms. The first-order valence-electron chi connectivity index (χ1n) is 10.3. The second-order valence-electron chi connectivity index (χ2n) is 10.2. The van der Waals surface area contributed by atoms with Crippen LogP contribution in [0.5, 0.6) is 0 Å². The van der Waals surface area contributed by atoms with E-state index < -0.39 is 0 Å². The second kappa shape index (κ2) is 5.81. The summed E-state index contributed by atoms with van der Waals surface area (Å²) in [5.74, 6) is 1.42. The van der Waals surface area contributed by atoms with Crippen molar-refractivity contribution in [2.75, 3.05) is 20.5 Å². The fourth-order valence-corrected chi connectivity index (χ4v) is 8.05. The van der Waals surface area contributed by atoms with Gasteiger partial charge in [-0.05, 0) is 85.0 Å². The molecule has 0 heterocycles. The van der Waals surface area contributed by atoms with Crippen LogP contribution in [0.25, 0.3) is 0 Å². The molecule has 0 aromatic rings. The van der Waals surface area contributed by atoms with E-state index in [4.69, 9.17) is 9.47 Å². The molecule has 0 aromatic carbocycles. The molecule has 4 rings (SSSR count). The van der Waals surface area contributed by atoms with Gasteiger partial charge < -0.3 is 14.6 Å². The summed E-state index contributed by atoms with van der Waals surface area (Å²) in [4.78, 5) is 0. The van der Waals surface area contributed by atoms with Gasteiger partial charge in [0.05, 0.1) is 5.60 Å². The molecule has 0 saturated heterocycles. The van der Waals surface area contributed by atoms with Crippen molar-refractivity contribution in [3.05, 3.63) is 12.2 Å². The number of ether oxygens (including phenoxy) is 2. The summed E-state index contributed by atoms with van der Waals surface area (Å²) in [5, 5.41) is 10.2. The molecule has 0 aromatic heterocycles. The Labute approximate surface area is 153 Å². The van der Waals surface area contributed by atoms with Gasteiger partial charge in [0.1, 0.15) is 6.79 Å². The van der Waals surface area contributed by atoms with Gasteiger partial charge >= 0.3 is 0 Å². The summed E-state index contributed by atoms with van der Waals surface area (Å²) < 4.78 is 11.5. The van der Waals surface area contributed by atoms with E-state index in [1.807, 2.05) is 0 Å². The van der Waals surface area contributed by atoms with E-state index in [0.717, 1.165) is 25.2 Å². The number of hydrogen-bond acceptors (Lipinski definition) is 3. The molecule has 4 saturated carbocycles. The van der Waals surface area contributed by atoms with Gasteiger partial charge in [0, 0.05) is 13.7 Å². The van der Waals surface area contributed by atoms with E-state index in [9.17, 15) is 5.11 Å². The Kier molecular flexibility index (Phi) is 4.18. The highest BCUT2D eigenvalue weighted by molar-refractivity contribution is 5.30. The predicted molar refractivity (Wildman–Crippen MR) is 99.1 cm³/mol. The van der Waals surface area contributed by atoms with Crippen molar-refractivity contribution in [2.24, 2.45) is 28.1 Å². The van der Waals surface area contributed by atoms with Gasteiger partial charge in [-0.25, -0.2) is 0 Å². The molecule has 4 aliphatic rings. The topological polar surface area (TPSA) is 38.7 Å². The van der Waals surface area contributed by atoms with Crippen molar-refractivity contribution in [2.45, 2.75) is 77.2 Å². The Balaban J connectivity index is 1.66. The number of rotatable bonds is 4. The molecule has 0 aliphatic heterocycles. The summed E-state index contributed by atoms with van der Waals surface area (Å²) in [6.45, 7) is 10.1. The molecule has 3 heteroatoms. The van der Waals surface area contributed by atoms with Crippen molar-refractivity contribution in [3.8, 4) is 0 Å². The lowest BCUT2D eigenvalue weighted by molar-refractivity contribution is -0.190. The highest BCUT2D eigenvalue weighted by atomic mass is 16.7. The lowest BCUT2D eigenvalue weighted by Crippen LogP contribution is -2.58. The van der Waals surface area contributed by atoms with Gasteiger partial charge in [0.25, 0.3) is 0 Å². The Hall–Kier alpha value is -0.380. The van der Waals surface area contributed by atoms with Crippen molar-refractivity contribution in [1.29, 1.82) is 0 Å². The normalized spacial score (nSPS) is 51.9. The molecule has 1 N–H and O–H groups in total. The Bertz CT molecular complexity index is 559. The summed E-state index contributed by atoms with van der Waals surface area (Å²) in [6, 6.07) is 0. The summed E-state index contributed by atoms with van der Waals surface area (Å²) in [5.41, 5.74) is 2.04. The molecular formula is C22H36O3. The molecule has 0 unspecified atom stereocenters. The van der Waals surface area contributed by atoms with Gasteiger partial charge in [0.2, 0.25) is 0 Å². The minimum atomic E-state index is -0.134. The Morgan fingerprint density at radius 3 is 2.60 bits per heavy atom. The number of fused-ring (bicyclic) bond motifs is 3. The second-order valence-corrected chi connectivity index (χ2v) is 10.2. The monoisotopic (exact) mass is 348 g/mol. The van der Waals surface area contributed by atoms with E-state index in [0.29, 0.717) is 30.1 Å². The summed E-state index contributed by atoms with van der Waals surface area (Å²) >= 11 is 0. The van der Waals surface area contributed by atoms with Crippen LogP contribution in [-0.2, 0) is 9.47 Å². The van der Waals surface area contributed by atoms with Crippen LogP contribution >= 0.6 is 0 Å². The quantitative estimate of drug-likeness (QED) is 0.592. The third kappa shape index (κ3) is 2.34. The van der Waals surface area contributed by atoms with Gasteiger partial charge in [-0.2, -0.15) is 0 Å². The van der Waals surface area contributed by atoms with Crippen molar-refractivity contribution < 1.29 is 14.6 Å². The molecule has 3 nitrogen and oxygen atoms in total.